The molecular weight excluding hydrogens is 326 g/mol. The van der Waals surface area contributed by atoms with E-state index in [9.17, 15) is 14.7 Å². The molecule has 152 valence electrons. The van der Waals surface area contributed by atoms with E-state index in [1.807, 2.05) is 0 Å². The molecule has 0 spiro atoms. The van der Waals surface area contributed by atoms with Crippen LogP contribution in [0.2, 0.25) is 0 Å². The number of aliphatic carboxylic acids is 1. The molecule has 0 bridgehead atoms. The number of hydrogen-bond donors (Lipinski definition) is 1. The van der Waals surface area contributed by atoms with Gasteiger partial charge in [-0.1, -0.05) is 90.4 Å². The summed E-state index contributed by atoms with van der Waals surface area (Å²) in [7, 11) is 0. The Kier molecular flexibility index (Phi) is 13.3. The third-order valence-corrected chi connectivity index (χ3v) is 5.60. The Bertz CT molecular complexity index is 384. The Labute approximate surface area is 160 Å². The van der Waals surface area contributed by atoms with E-state index in [4.69, 9.17) is 0 Å². The van der Waals surface area contributed by atoms with Gasteiger partial charge in [0.2, 0.25) is 5.91 Å². The van der Waals surface area contributed by atoms with E-state index in [-0.39, 0.29) is 5.91 Å². The van der Waals surface area contributed by atoms with Crippen LogP contribution in [-0.4, -0.2) is 34.5 Å². The monoisotopic (exact) mass is 367 g/mol. The third-order valence-electron chi connectivity index (χ3n) is 5.60. The number of piperidine rings is 1. The van der Waals surface area contributed by atoms with E-state index in [1.165, 1.54) is 77.0 Å². The van der Waals surface area contributed by atoms with Crippen LogP contribution in [0.5, 0.6) is 0 Å². The van der Waals surface area contributed by atoms with Gasteiger partial charge in [0.15, 0.2) is 0 Å². The number of carbonyl (C=O) groups excluding carboxylic acids is 1. The summed E-state index contributed by atoms with van der Waals surface area (Å²) >= 11 is 0. The molecule has 0 radical (unpaired) electrons. The second-order valence-electron chi connectivity index (χ2n) is 7.93. The summed E-state index contributed by atoms with van der Waals surface area (Å²) in [6.45, 7) is 2.88. The topological polar surface area (TPSA) is 57.6 Å². The quantitative estimate of drug-likeness (QED) is 0.344. The molecule has 1 N–H and O–H groups in total. The summed E-state index contributed by atoms with van der Waals surface area (Å²) < 4.78 is 0. The number of carboxylic acids is 1. The van der Waals surface area contributed by atoms with Gasteiger partial charge in [-0.25, -0.2) is 4.79 Å². The molecule has 1 fully saturated rings. The number of hydrogen-bond acceptors (Lipinski definition) is 2. The van der Waals surface area contributed by atoms with Gasteiger partial charge in [0, 0.05) is 13.0 Å². The minimum atomic E-state index is -0.844. The minimum absolute atomic E-state index is 0.0262. The van der Waals surface area contributed by atoms with Crippen molar-refractivity contribution in [2.45, 2.75) is 122 Å². The maximum absolute atomic E-state index is 11.9. The van der Waals surface area contributed by atoms with Gasteiger partial charge in [-0.2, -0.15) is 0 Å². The van der Waals surface area contributed by atoms with E-state index < -0.39 is 12.0 Å². The summed E-state index contributed by atoms with van der Waals surface area (Å²) in [4.78, 5) is 24.8. The van der Waals surface area contributed by atoms with Crippen LogP contribution in [0.25, 0.3) is 0 Å². The maximum atomic E-state index is 11.9. The van der Waals surface area contributed by atoms with E-state index >= 15 is 0 Å². The van der Waals surface area contributed by atoms with Gasteiger partial charge in [-0.15, -0.1) is 0 Å². The molecule has 0 aromatic carbocycles. The SMILES string of the molecule is CCCCCCCCCCCCCCCCN1C(=O)CCCC1C(=O)O. The minimum Gasteiger partial charge on any atom is -0.480 e. The van der Waals surface area contributed by atoms with Crippen molar-refractivity contribution in [3.63, 3.8) is 0 Å². The summed E-state index contributed by atoms with van der Waals surface area (Å²) in [5.41, 5.74) is 0. The lowest BCUT2D eigenvalue weighted by Gasteiger charge is -2.32. The zero-order valence-corrected chi connectivity index (χ0v) is 17.0. The first-order valence-electron chi connectivity index (χ1n) is 11.2. The van der Waals surface area contributed by atoms with Crippen molar-refractivity contribution in [1.82, 2.24) is 4.90 Å². The molecule has 1 atom stereocenters. The molecule has 1 heterocycles. The Morgan fingerprint density at radius 2 is 1.35 bits per heavy atom. The summed E-state index contributed by atoms with van der Waals surface area (Å²) in [6, 6.07) is -0.585. The number of nitrogens with zero attached hydrogens (tertiary/aromatic N) is 1. The predicted octanol–water partition coefficient (Wildman–Crippen LogP) is 5.93. The van der Waals surface area contributed by atoms with E-state index in [0.717, 1.165) is 12.8 Å². The second-order valence-corrected chi connectivity index (χ2v) is 7.93. The average molecular weight is 368 g/mol. The third kappa shape index (κ3) is 10.2. The largest absolute Gasteiger partial charge is 0.480 e. The Morgan fingerprint density at radius 1 is 0.885 bits per heavy atom. The number of unbranched alkanes of at least 4 members (excludes halogenated alkanes) is 13. The molecule has 1 amide bonds. The zero-order valence-electron chi connectivity index (χ0n) is 17.0. The Balaban J connectivity index is 1.91. The van der Waals surface area contributed by atoms with Crippen LogP contribution in [0, 0.1) is 0 Å². The number of carbonyl (C=O) groups is 2. The zero-order chi connectivity index (χ0) is 19.0. The molecule has 4 heteroatoms. The van der Waals surface area contributed by atoms with Crippen LogP contribution in [-0.2, 0) is 9.59 Å². The first-order chi connectivity index (χ1) is 12.7. The van der Waals surface area contributed by atoms with Gasteiger partial charge < -0.3 is 10.0 Å². The van der Waals surface area contributed by atoms with E-state index in [1.54, 1.807) is 4.90 Å². The molecular formula is C22H41NO3. The van der Waals surface area contributed by atoms with E-state index in [2.05, 4.69) is 6.92 Å². The van der Waals surface area contributed by atoms with Crippen molar-refractivity contribution < 1.29 is 14.7 Å². The van der Waals surface area contributed by atoms with Crippen molar-refractivity contribution in [2.24, 2.45) is 0 Å². The Hall–Kier alpha value is -1.06. The molecule has 1 rings (SSSR count). The van der Waals surface area contributed by atoms with Crippen LogP contribution in [0.3, 0.4) is 0 Å². The number of likely N-dealkylation sites (tertiary alicyclic amines) is 1. The fraction of sp³-hybridized carbons (Fsp3) is 0.909. The highest BCUT2D eigenvalue weighted by Gasteiger charge is 2.32. The fourth-order valence-electron chi connectivity index (χ4n) is 3.93. The molecule has 1 saturated heterocycles. The first-order valence-corrected chi connectivity index (χ1v) is 11.2. The molecule has 26 heavy (non-hydrogen) atoms. The molecule has 0 aromatic rings. The lowest BCUT2D eigenvalue weighted by molar-refractivity contribution is -0.153. The lowest BCUT2D eigenvalue weighted by Crippen LogP contribution is -2.48. The van der Waals surface area contributed by atoms with Gasteiger partial charge in [0.25, 0.3) is 0 Å². The highest BCUT2D eigenvalue weighted by atomic mass is 16.4. The molecule has 0 aromatic heterocycles. The van der Waals surface area contributed by atoms with Gasteiger partial charge in [0.1, 0.15) is 6.04 Å². The molecule has 1 unspecified atom stereocenters. The molecule has 4 nitrogen and oxygen atoms in total. The number of rotatable bonds is 16. The van der Waals surface area contributed by atoms with Crippen molar-refractivity contribution in [2.75, 3.05) is 6.54 Å². The first kappa shape index (κ1) is 23.0. The second kappa shape index (κ2) is 15.0. The van der Waals surface area contributed by atoms with Crippen LogP contribution >= 0.6 is 0 Å². The van der Waals surface area contributed by atoms with Crippen LogP contribution in [0.15, 0.2) is 0 Å². The van der Waals surface area contributed by atoms with Crippen molar-refractivity contribution in [3.8, 4) is 0 Å². The van der Waals surface area contributed by atoms with Crippen LogP contribution < -0.4 is 0 Å². The van der Waals surface area contributed by atoms with Gasteiger partial charge in [-0.05, 0) is 19.3 Å². The molecule has 0 aliphatic carbocycles. The van der Waals surface area contributed by atoms with Crippen molar-refractivity contribution in [3.05, 3.63) is 0 Å². The maximum Gasteiger partial charge on any atom is 0.326 e. The smallest absolute Gasteiger partial charge is 0.326 e. The van der Waals surface area contributed by atoms with Crippen molar-refractivity contribution in [1.29, 1.82) is 0 Å². The van der Waals surface area contributed by atoms with Crippen molar-refractivity contribution >= 4 is 11.9 Å². The summed E-state index contributed by atoms with van der Waals surface area (Å²) in [5, 5.41) is 9.25. The molecule has 1 aliphatic rings. The van der Waals surface area contributed by atoms with Gasteiger partial charge in [0.05, 0.1) is 0 Å². The van der Waals surface area contributed by atoms with Gasteiger partial charge in [-0.3, -0.25) is 4.79 Å². The fourth-order valence-corrected chi connectivity index (χ4v) is 3.93. The number of carboxylic acid groups (broad SMARTS) is 1. The summed E-state index contributed by atoms with van der Waals surface area (Å²) in [6.07, 6.45) is 20.1. The lowest BCUT2D eigenvalue weighted by atomic mass is 10.0. The predicted molar refractivity (Wildman–Crippen MR) is 107 cm³/mol. The van der Waals surface area contributed by atoms with E-state index in [0.29, 0.717) is 25.8 Å². The highest BCUT2D eigenvalue weighted by Crippen LogP contribution is 2.20. The van der Waals surface area contributed by atoms with Gasteiger partial charge >= 0.3 is 5.97 Å². The molecule has 0 saturated carbocycles. The average Bonchev–Trinajstić information content (AvgIpc) is 2.62. The van der Waals surface area contributed by atoms with Crippen LogP contribution in [0.1, 0.15) is 116 Å². The highest BCUT2D eigenvalue weighted by molar-refractivity contribution is 5.84. The Morgan fingerprint density at radius 3 is 1.81 bits per heavy atom. The number of amides is 1. The standard InChI is InChI=1S/C22H41NO3/c1-2-3-4-5-6-7-8-9-10-11-12-13-14-15-19-23-20(22(25)26)17-16-18-21(23)24/h20H,2-19H2,1H3,(H,25,26). The molecule has 1 aliphatic heterocycles. The summed E-state index contributed by atoms with van der Waals surface area (Å²) in [5.74, 6) is -0.818. The normalized spacial score (nSPS) is 17.7. The van der Waals surface area contributed by atoms with Crippen LogP contribution in [0.4, 0.5) is 0 Å².